The maximum absolute atomic E-state index is 11.3. The number of aromatic nitrogens is 2. The van der Waals surface area contributed by atoms with Crippen molar-refractivity contribution >= 4 is 5.97 Å². The van der Waals surface area contributed by atoms with Gasteiger partial charge in [0.25, 0.3) is 0 Å². The van der Waals surface area contributed by atoms with Crippen LogP contribution in [0, 0.1) is 0 Å². The van der Waals surface area contributed by atoms with E-state index in [1.54, 1.807) is 0 Å². The van der Waals surface area contributed by atoms with E-state index in [0.29, 0.717) is 5.82 Å². The lowest BCUT2D eigenvalue weighted by Gasteiger charge is -2.06. The summed E-state index contributed by atoms with van der Waals surface area (Å²) in [6, 6.07) is 0. The van der Waals surface area contributed by atoms with E-state index >= 15 is 0 Å². The molecule has 5 nitrogen and oxygen atoms in total. The summed E-state index contributed by atoms with van der Waals surface area (Å²) < 4.78 is 9.58. The summed E-state index contributed by atoms with van der Waals surface area (Å²) in [6.45, 7) is 2.03. The number of carbonyl (C=O) groups excluding carboxylic acids is 1. The Kier molecular flexibility index (Phi) is 4.03. The van der Waals surface area contributed by atoms with Crippen molar-refractivity contribution in [2.75, 3.05) is 14.2 Å². The molecule has 1 heterocycles. The van der Waals surface area contributed by atoms with Gasteiger partial charge in [-0.2, -0.15) is 4.98 Å². The molecular formula is C10H14N2O3. The van der Waals surface area contributed by atoms with Gasteiger partial charge in [-0.1, -0.05) is 6.92 Å². The predicted octanol–water partition coefficient (Wildman–Crippen LogP) is 1.22. The molecule has 0 unspecified atom stereocenters. The highest BCUT2D eigenvalue weighted by Crippen LogP contribution is 2.15. The summed E-state index contributed by atoms with van der Waals surface area (Å²) >= 11 is 0. The topological polar surface area (TPSA) is 61.3 Å². The van der Waals surface area contributed by atoms with Crippen LogP contribution in [0.1, 0.15) is 29.5 Å². The zero-order chi connectivity index (χ0) is 11.3. The summed E-state index contributed by atoms with van der Waals surface area (Å²) in [5.74, 6) is 0.442. The zero-order valence-electron chi connectivity index (χ0n) is 9.11. The standard InChI is InChI=1S/C10H14N2O3/c1-4-5-8-11-6-7(10(13)15-3)9(12-8)14-2/h6H,4-5H2,1-3H3. The van der Waals surface area contributed by atoms with E-state index in [1.165, 1.54) is 20.4 Å². The molecule has 0 atom stereocenters. The molecular weight excluding hydrogens is 196 g/mol. The highest BCUT2D eigenvalue weighted by molar-refractivity contribution is 5.91. The first-order valence-electron chi connectivity index (χ1n) is 4.71. The zero-order valence-corrected chi connectivity index (χ0v) is 9.11. The lowest BCUT2D eigenvalue weighted by atomic mass is 10.3. The molecule has 0 aliphatic rings. The third kappa shape index (κ3) is 2.65. The summed E-state index contributed by atoms with van der Waals surface area (Å²) in [5, 5.41) is 0. The molecule has 15 heavy (non-hydrogen) atoms. The molecule has 0 aromatic carbocycles. The van der Waals surface area contributed by atoms with Crippen LogP contribution in [0.5, 0.6) is 5.88 Å². The summed E-state index contributed by atoms with van der Waals surface area (Å²) in [5.41, 5.74) is 0.250. The largest absolute Gasteiger partial charge is 0.480 e. The lowest BCUT2D eigenvalue weighted by molar-refractivity contribution is 0.0595. The molecule has 82 valence electrons. The van der Waals surface area contributed by atoms with Crippen molar-refractivity contribution in [2.45, 2.75) is 19.8 Å². The van der Waals surface area contributed by atoms with E-state index in [4.69, 9.17) is 4.74 Å². The van der Waals surface area contributed by atoms with Gasteiger partial charge in [0.05, 0.1) is 14.2 Å². The van der Waals surface area contributed by atoms with Gasteiger partial charge in [0, 0.05) is 12.6 Å². The third-order valence-corrected chi connectivity index (χ3v) is 1.88. The fraction of sp³-hybridized carbons (Fsp3) is 0.500. The minimum Gasteiger partial charge on any atom is -0.480 e. The van der Waals surface area contributed by atoms with E-state index in [0.717, 1.165) is 12.8 Å². The van der Waals surface area contributed by atoms with Crippen LogP contribution in [0.15, 0.2) is 6.20 Å². The van der Waals surface area contributed by atoms with Gasteiger partial charge in [-0.15, -0.1) is 0 Å². The first kappa shape index (κ1) is 11.4. The maximum Gasteiger partial charge on any atom is 0.344 e. The van der Waals surface area contributed by atoms with Gasteiger partial charge < -0.3 is 9.47 Å². The quantitative estimate of drug-likeness (QED) is 0.699. The number of carbonyl (C=O) groups is 1. The normalized spacial score (nSPS) is 9.80. The van der Waals surface area contributed by atoms with E-state index in [1.807, 2.05) is 6.92 Å². The second-order valence-corrected chi connectivity index (χ2v) is 2.95. The SMILES string of the molecule is CCCc1ncc(C(=O)OC)c(OC)n1. The van der Waals surface area contributed by atoms with Crippen LogP contribution in [0.4, 0.5) is 0 Å². The van der Waals surface area contributed by atoms with Crippen LogP contribution in [-0.4, -0.2) is 30.2 Å². The van der Waals surface area contributed by atoms with Gasteiger partial charge in [-0.25, -0.2) is 9.78 Å². The van der Waals surface area contributed by atoms with Gasteiger partial charge >= 0.3 is 5.97 Å². The van der Waals surface area contributed by atoms with Gasteiger partial charge in [0.1, 0.15) is 11.4 Å². The second kappa shape index (κ2) is 5.29. The van der Waals surface area contributed by atoms with Gasteiger partial charge in [-0.3, -0.25) is 0 Å². The lowest BCUT2D eigenvalue weighted by Crippen LogP contribution is -2.08. The first-order chi connectivity index (χ1) is 7.22. The predicted molar refractivity (Wildman–Crippen MR) is 53.9 cm³/mol. The Balaban J connectivity index is 3.03. The number of aryl methyl sites for hydroxylation is 1. The summed E-state index contributed by atoms with van der Waals surface area (Å²) in [4.78, 5) is 19.5. The van der Waals surface area contributed by atoms with Crippen molar-refractivity contribution in [1.82, 2.24) is 9.97 Å². The highest BCUT2D eigenvalue weighted by Gasteiger charge is 2.15. The van der Waals surface area contributed by atoms with Crippen molar-refractivity contribution < 1.29 is 14.3 Å². The van der Waals surface area contributed by atoms with E-state index in [2.05, 4.69) is 14.7 Å². The van der Waals surface area contributed by atoms with Crippen molar-refractivity contribution in [2.24, 2.45) is 0 Å². The number of nitrogens with zero attached hydrogens (tertiary/aromatic N) is 2. The van der Waals surface area contributed by atoms with Gasteiger partial charge in [0.2, 0.25) is 5.88 Å². The minimum absolute atomic E-state index is 0.250. The summed E-state index contributed by atoms with van der Waals surface area (Å²) in [6.07, 6.45) is 3.14. The number of esters is 1. The van der Waals surface area contributed by atoms with Crippen LogP contribution in [0.25, 0.3) is 0 Å². The molecule has 0 radical (unpaired) electrons. The molecule has 0 fully saturated rings. The molecule has 0 bridgehead atoms. The Labute approximate surface area is 88.4 Å². The van der Waals surface area contributed by atoms with E-state index in [-0.39, 0.29) is 11.4 Å². The van der Waals surface area contributed by atoms with Crippen LogP contribution in [-0.2, 0) is 11.2 Å². The highest BCUT2D eigenvalue weighted by atomic mass is 16.5. The van der Waals surface area contributed by atoms with Crippen LogP contribution < -0.4 is 4.74 Å². The molecule has 0 spiro atoms. The second-order valence-electron chi connectivity index (χ2n) is 2.95. The molecule has 0 aliphatic carbocycles. The van der Waals surface area contributed by atoms with Crippen LogP contribution in [0.2, 0.25) is 0 Å². The van der Waals surface area contributed by atoms with E-state index in [9.17, 15) is 4.79 Å². The smallest absolute Gasteiger partial charge is 0.344 e. The molecule has 0 amide bonds. The van der Waals surface area contributed by atoms with Crippen LogP contribution in [0.3, 0.4) is 0 Å². The van der Waals surface area contributed by atoms with Crippen molar-refractivity contribution in [3.63, 3.8) is 0 Å². The van der Waals surface area contributed by atoms with Crippen molar-refractivity contribution in [1.29, 1.82) is 0 Å². The fourth-order valence-corrected chi connectivity index (χ4v) is 1.15. The van der Waals surface area contributed by atoms with Gasteiger partial charge in [-0.05, 0) is 6.42 Å². The molecule has 0 aliphatic heterocycles. The third-order valence-electron chi connectivity index (χ3n) is 1.88. The summed E-state index contributed by atoms with van der Waals surface area (Å²) in [7, 11) is 2.77. The van der Waals surface area contributed by atoms with Gasteiger partial charge in [0.15, 0.2) is 0 Å². The Morgan fingerprint density at radius 2 is 2.20 bits per heavy atom. The van der Waals surface area contributed by atoms with Crippen molar-refractivity contribution in [3.8, 4) is 5.88 Å². The minimum atomic E-state index is -0.491. The molecule has 0 saturated heterocycles. The average molecular weight is 210 g/mol. The fourth-order valence-electron chi connectivity index (χ4n) is 1.15. The van der Waals surface area contributed by atoms with E-state index < -0.39 is 5.97 Å². The molecule has 1 aromatic heterocycles. The number of ether oxygens (including phenoxy) is 2. The molecule has 5 heteroatoms. The molecule has 0 saturated carbocycles. The number of hydrogen-bond donors (Lipinski definition) is 0. The Morgan fingerprint density at radius 3 is 2.73 bits per heavy atom. The first-order valence-corrected chi connectivity index (χ1v) is 4.71. The molecule has 1 aromatic rings. The number of rotatable bonds is 4. The monoisotopic (exact) mass is 210 g/mol. The molecule has 1 rings (SSSR count). The average Bonchev–Trinajstić information content (AvgIpc) is 2.28. The number of methoxy groups -OCH3 is 2. The van der Waals surface area contributed by atoms with Crippen molar-refractivity contribution in [3.05, 3.63) is 17.6 Å². The number of hydrogen-bond acceptors (Lipinski definition) is 5. The maximum atomic E-state index is 11.3. The Hall–Kier alpha value is -1.65. The Bertz CT molecular complexity index is 353. The molecule has 0 N–H and O–H groups in total. The Morgan fingerprint density at radius 1 is 1.47 bits per heavy atom. The van der Waals surface area contributed by atoms with Crippen LogP contribution >= 0.6 is 0 Å².